The Bertz CT molecular complexity index is 120. The first-order valence-corrected chi connectivity index (χ1v) is 3.19. The molecule has 1 unspecified atom stereocenters. The highest BCUT2D eigenvalue weighted by Crippen LogP contribution is 2.22. The van der Waals surface area contributed by atoms with E-state index in [1.54, 1.807) is 13.0 Å². The average molecular weight is 129 g/mol. The second-order valence-corrected chi connectivity index (χ2v) is 2.84. The molecule has 1 N–H and O–H groups in total. The molecule has 0 amide bonds. The van der Waals surface area contributed by atoms with Gasteiger partial charge in [-0.15, -0.1) is 6.58 Å². The van der Waals surface area contributed by atoms with Crippen LogP contribution in [-0.2, 0) is 0 Å². The van der Waals surface area contributed by atoms with E-state index in [-0.39, 0.29) is 6.04 Å². The summed E-state index contributed by atoms with van der Waals surface area (Å²) >= 11 is 0. The lowest BCUT2D eigenvalue weighted by Crippen LogP contribution is -2.21. The minimum absolute atomic E-state index is 0.181. The van der Waals surface area contributed by atoms with Gasteiger partial charge in [-0.3, -0.25) is 0 Å². The molecule has 0 aromatic carbocycles. The number of rotatable bonds is 1. The zero-order valence-electron chi connectivity index (χ0n) is 5.65. The predicted octanol–water partition coefficient (Wildman–Crippen LogP) is 1.26. The fraction of sp³-hybridized carbons (Fsp3) is 0.714. The summed E-state index contributed by atoms with van der Waals surface area (Å²) < 4.78 is 12.9. The van der Waals surface area contributed by atoms with Crippen molar-refractivity contribution in [1.82, 2.24) is 5.32 Å². The van der Waals surface area contributed by atoms with Gasteiger partial charge in [0.25, 0.3) is 0 Å². The van der Waals surface area contributed by atoms with E-state index in [0.29, 0.717) is 13.0 Å². The van der Waals surface area contributed by atoms with Gasteiger partial charge >= 0.3 is 0 Å². The molecular weight excluding hydrogens is 117 g/mol. The van der Waals surface area contributed by atoms with Gasteiger partial charge in [-0.1, -0.05) is 6.08 Å². The van der Waals surface area contributed by atoms with E-state index in [1.807, 2.05) is 0 Å². The molecule has 0 saturated carbocycles. The maximum atomic E-state index is 12.9. The van der Waals surface area contributed by atoms with Crippen molar-refractivity contribution in [3.8, 4) is 0 Å². The first kappa shape index (κ1) is 6.75. The van der Waals surface area contributed by atoms with Gasteiger partial charge in [0.05, 0.1) is 0 Å². The van der Waals surface area contributed by atoms with Crippen LogP contribution in [0.1, 0.15) is 13.3 Å². The Morgan fingerprint density at radius 3 is 2.78 bits per heavy atom. The van der Waals surface area contributed by atoms with Crippen LogP contribution in [0.3, 0.4) is 0 Å². The second kappa shape index (κ2) is 2.10. The molecule has 1 fully saturated rings. The summed E-state index contributed by atoms with van der Waals surface area (Å²) in [7, 11) is 0. The quantitative estimate of drug-likeness (QED) is 0.525. The van der Waals surface area contributed by atoms with Crippen LogP contribution in [0.25, 0.3) is 0 Å². The largest absolute Gasteiger partial charge is 0.307 e. The highest BCUT2D eigenvalue weighted by Gasteiger charge is 2.32. The summed E-state index contributed by atoms with van der Waals surface area (Å²) in [5, 5.41) is 3.00. The van der Waals surface area contributed by atoms with Gasteiger partial charge in [-0.2, -0.15) is 0 Å². The van der Waals surface area contributed by atoms with E-state index < -0.39 is 5.67 Å². The van der Waals surface area contributed by atoms with E-state index in [4.69, 9.17) is 0 Å². The molecule has 0 spiro atoms. The van der Waals surface area contributed by atoms with Crippen molar-refractivity contribution >= 4 is 0 Å². The van der Waals surface area contributed by atoms with Gasteiger partial charge < -0.3 is 5.32 Å². The SMILES string of the molecule is C=C[C@H]1CC(C)(F)CN1. The minimum atomic E-state index is -1.02. The Balaban J connectivity index is 2.47. The van der Waals surface area contributed by atoms with E-state index in [1.165, 1.54) is 0 Å². The number of nitrogens with one attached hydrogen (secondary N) is 1. The van der Waals surface area contributed by atoms with Crippen LogP contribution in [0.15, 0.2) is 12.7 Å². The second-order valence-electron chi connectivity index (χ2n) is 2.84. The summed E-state index contributed by atoms with van der Waals surface area (Å²) in [4.78, 5) is 0. The molecule has 2 atom stereocenters. The average Bonchev–Trinajstić information content (AvgIpc) is 2.10. The number of halogens is 1. The van der Waals surface area contributed by atoms with Crippen molar-refractivity contribution in [3.05, 3.63) is 12.7 Å². The van der Waals surface area contributed by atoms with Crippen LogP contribution in [0, 0.1) is 0 Å². The Kier molecular flexibility index (Phi) is 1.58. The van der Waals surface area contributed by atoms with Gasteiger partial charge in [0, 0.05) is 19.0 Å². The fourth-order valence-electron chi connectivity index (χ4n) is 1.11. The highest BCUT2D eigenvalue weighted by molar-refractivity contribution is 4.99. The van der Waals surface area contributed by atoms with E-state index in [2.05, 4.69) is 11.9 Å². The highest BCUT2D eigenvalue weighted by atomic mass is 19.1. The van der Waals surface area contributed by atoms with Crippen molar-refractivity contribution in [1.29, 1.82) is 0 Å². The molecule has 0 aliphatic carbocycles. The van der Waals surface area contributed by atoms with Crippen molar-refractivity contribution in [2.24, 2.45) is 0 Å². The first-order valence-electron chi connectivity index (χ1n) is 3.19. The molecule has 1 nitrogen and oxygen atoms in total. The van der Waals surface area contributed by atoms with Crippen LogP contribution < -0.4 is 5.32 Å². The van der Waals surface area contributed by atoms with E-state index in [9.17, 15) is 4.39 Å². The molecule has 2 heteroatoms. The zero-order valence-corrected chi connectivity index (χ0v) is 5.65. The Morgan fingerprint density at radius 1 is 1.89 bits per heavy atom. The molecule has 0 aromatic heterocycles. The van der Waals surface area contributed by atoms with Crippen LogP contribution in [-0.4, -0.2) is 18.3 Å². The van der Waals surface area contributed by atoms with Gasteiger partial charge in [0.1, 0.15) is 5.67 Å². The van der Waals surface area contributed by atoms with Crippen LogP contribution in [0.4, 0.5) is 4.39 Å². The summed E-state index contributed by atoms with van der Waals surface area (Å²) in [6.45, 7) is 5.66. The molecule has 9 heavy (non-hydrogen) atoms. The van der Waals surface area contributed by atoms with E-state index >= 15 is 0 Å². The summed E-state index contributed by atoms with van der Waals surface area (Å²) in [6.07, 6.45) is 2.32. The number of hydrogen-bond acceptors (Lipinski definition) is 1. The standard InChI is InChI=1S/C7H12FN/c1-3-6-4-7(2,8)5-9-6/h3,6,9H,1,4-5H2,2H3/t6-,7?/m0/s1. The third-order valence-corrected chi connectivity index (χ3v) is 1.66. The molecule has 1 heterocycles. The van der Waals surface area contributed by atoms with Crippen molar-refractivity contribution in [2.75, 3.05) is 6.54 Å². The normalized spacial score (nSPS) is 43.1. The predicted molar refractivity (Wildman–Crippen MR) is 36.1 cm³/mol. The third-order valence-electron chi connectivity index (χ3n) is 1.66. The summed E-state index contributed by atoms with van der Waals surface area (Å²) in [5.74, 6) is 0. The van der Waals surface area contributed by atoms with Crippen molar-refractivity contribution < 1.29 is 4.39 Å². The van der Waals surface area contributed by atoms with Gasteiger partial charge in [-0.05, 0) is 6.92 Å². The molecule has 0 aromatic rings. The van der Waals surface area contributed by atoms with Crippen molar-refractivity contribution in [3.63, 3.8) is 0 Å². The maximum absolute atomic E-state index is 12.9. The lowest BCUT2D eigenvalue weighted by Gasteiger charge is -2.08. The number of hydrogen-bond donors (Lipinski definition) is 1. The topological polar surface area (TPSA) is 12.0 Å². The third kappa shape index (κ3) is 1.52. The first-order chi connectivity index (χ1) is 4.14. The van der Waals surface area contributed by atoms with Gasteiger partial charge in [0.2, 0.25) is 0 Å². The smallest absolute Gasteiger partial charge is 0.122 e. The molecular formula is C7H12FN. The molecule has 52 valence electrons. The van der Waals surface area contributed by atoms with Crippen molar-refractivity contribution in [2.45, 2.75) is 25.1 Å². The fourth-order valence-corrected chi connectivity index (χ4v) is 1.11. The Morgan fingerprint density at radius 2 is 2.56 bits per heavy atom. The zero-order chi connectivity index (χ0) is 6.91. The number of alkyl halides is 1. The molecule has 0 radical (unpaired) electrons. The van der Waals surface area contributed by atoms with Gasteiger partial charge in [-0.25, -0.2) is 4.39 Å². The summed E-state index contributed by atoms with van der Waals surface area (Å²) in [6, 6.07) is 0.181. The van der Waals surface area contributed by atoms with Crippen LogP contribution in [0.5, 0.6) is 0 Å². The van der Waals surface area contributed by atoms with Crippen LogP contribution >= 0.6 is 0 Å². The monoisotopic (exact) mass is 129 g/mol. The minimum Gasteiger partial charge on any atom is -0.307 e. The summed E-state index contributed by atoms with van der Waals surface area (Å²) in [5.41, 5.74) is -1.02. The maximum Gasteiger partial charge on any atom is 0.122 e. The van der Waals surface area contributed by atoms with Gasteiger partial charge in [0.15, 0.2) is 0 Å². The molecule has 1 rings (SSSR count). The lowest BCUT2D eigenvalue weighted by atomic mass is 10.1. The Hall–Kier alpha value is -0.370. The molecule has 1 aliphatic rings. The molecule has 1 aliphatic heterocycles. The van der Waals surface area contributed by atoms with E-state index in [0.717, 1.165) is 0 Å². The Labute approximate surface area is 54.9 Å². The molecule has 0 bridgehead atoms. The molecule has 1 saturated heterocycles. The van der Waals surface area contributed by atoms with Crippen LogP contribution in [0.2, 0.25) is 0 Å². The lowest BCUT2D eigenvalue weighted by molar-refractivity contribution is 0.216.